The Labute approximate surface area is 167 Å². The van der Waals surface area contributed by atoms with Crippen molar-refractivity contribution in [1.82, 2.24) is 0 Å². The zero-order chi connectivity index (χ0) is 15.5. The number of rotatable bonds is 1. The summed E-state index contributed by atoms with van der Waals surface area (Å²) < 4.78 is 1.42. The van der Waals surface area contributed by atoms with Crippen molar-refractivity contribution >= 4 is 30.9 Å². The molecule has 0 heterocycles. The molecule has 0 bridgehead atoms. The first-order chi connectivity index (χ1) is 10.7. The fourth-order valence-electron chi connectivity index (χ4n) is 2.91. The van der Waals surface area contributed by atoms with Crippen LogP contribution in [0.15, 0.2) is 66.8 Å². The Morgan fingerprint density at radius 1 is 0.958 bits per heavy atom. The predicted molar refractivity (Wildman–Crippen MR) is 95.1 cm³/mol. The molecule has 0 saturated carbocycles. The Kier molecular flexibility index (Phi) is 8.26. The molecule has 0 aliphatic heterocycles. The van der Waals surface area contributed by atoms with E-state index in [2.05, 4.69) is 101 Å². The molecule has 0 N–H and O–H groups in total. The minimum Gasteiger partial charge on any atom is -1.00 e. The summed E-state index contributed by atoms with van der Waals surface area (Å²) >= 11 is 2.08. The molecule has 0 atom stereocenters. The molecule has 0 amide bonds. The smallest absolute Gasteiger partial charge is 1.00 e. The Hall–Kier alpha value is -1.05. The second kappa shape index (κ2) is 9.44. The van der Waals surface area contributed by atoms with E-state index >= 15 is 0 Å². The van der Waals surface area contributed by atoms with Gasteiger partial charge in [-0.2, -0.15) is 0 Å². The molecule has 1 aliphatic rings. The van der Waals surface area contributed by atoms with Crippen molar-refractivity contribution in [2.24, 2.45) is 0 Å². The van der Waals surface area contributed by atoms with Crippen LogP contribution in [0.25, 0.3) is 27.1 Å². The molecule has 0 nitrogen and oxygen atoms in total. The van der Waals surface area contributed by atoms with Gasteiger partial charge in [0.15, 0.2) is 0 Å². The van der Waals surface area contributed by atoms with Gasteiger partial charge in [-0.05, 0) is 6.42 Å². The van der Waals surface area contributed by atoms with Crippen molar-refractivity contribution in [3.8, 4) is 0 Å². The minimum absolute atomic E-state index is 0. The van der Waals surface area contributed by atoms with Gasteiger partial charge < -0.3 is 24.8 Å². The zero-order valence-corrected chi connectivity index (χ0v) is 16.9. The topological polar surface area (TPSA) is 0 Å². The fourth-order valence-corrected chi connectivity index (χ4v) is 2.91. The van der Waals surface area contributed by atoms with Crippen molar-refractivity contribution in [3.05, 3.63) is 72.3 Å². The normalized spacial score (nSPS) is 12.1. The average molecular weight is 390 g/mol. The average Bonchev–Trinajstić information content (AvgIpc) is 3.14. The van der Waals surface area contributed by atoms with Crippen LogP contribution in [-0.4, -0.2) is 3.81 Å². The predicted octanol–water partition coefficient (Wildman–Crippen LogP) is -0.191. The molecule has 3 heteroatoms. The molecule has 0 aromatic heterocycles. The zero-order valence-electron chi connectivity index (χ0n) is 13.8. The van der Waals surface area contributed by atoms with Crippen LogP contribution in [0.2, 0.25) is 0 Å². The van der Waals surface area contributed by atoms with E-state index < -0.39 is 0 Å². The van der Waals surface area contributed by atoms with E-state index in [1.807, 2.05) is 0 Å². The van der Waals surface area contributed by atoms with E-state index in [0.29, 0.717) is 0 Å². The van der Waals surface area contributed by atoms with E-state index in [0.717, 1.165) is 6.42 Å². The summed E-state index contributed by atoms with van der Waals surface area (Å²) in [5, 5.41) is 5.46. The molecule has 122 valence electrons. The Balaban J connectivity index is 0.000000438. The van der Waals surface area contributed by atoms with Crippen LogP contribution in [0.4, 0.5) is 0 Å². The van der Waals surface area contributed by atoms with Crippen molar-refractivity contribution < 1.29 is 44.8 Å². The van der Waals surface area contributed by atoms with Crippen molar-refractivity contribution in [3.63, 3.8) is 0 Å². The monoisotopic (exact) mass is 389 g/mol. The van der Waals surface area contributed by atoms with Crippen LogP contribution < -0.4 is 24.8 Å². The summed E-state index contributed by atoms with van der Waals surface area (Å²) in [5.74, 6) is 0. The van der Waals surface area contributed by atoms with E-state index in [4.69, 9.17) is 0 Å². The van der Waals surface area contributed by atoms with Crippen LogP contribution in [0, 0.1) is 0 Å². The van der Waals surface area contributed by atoms with Gasteiger partial charge in [0, 0.05) is 0 Å². The van der Waals surface area contributed by atoms with Gasteiger partial charge in [-0.15, -0.1) is 33.7 Å². The summed E-state index contributed by atoms with van der Waals surface area (Å²) in [5.41, 5.74) is 2.81. The first-order valence-electron chi connectivity index (χ1n) is 7.62. The summed E-state index contributed by atoms with van der Waals surface area (Å²) in [4.78, 5) is 0. The molecule has 1 aliphatic carbocycles. The molecule has 0 saturated heterocycles. The van der Waals surface area contributed by atoms with E-state index in [-0.39, 0.29) is 24.8 Å². The van der Waals surface area contributed by atoms with E-state index in [1.54, 1.807) is 0 Å². The van der Waals surface area contributed by atoms with Crippen LogP contribution in [0.5, 0.6) is 0 Å². The van der Waals surface area contributed by atoms with Crippen LogP contribution >= 0.6 is 0 Å². The maximum Gasteiger partial charge on any atom is -1.00 e. The van der Waals surface area contributed by atoms with Crippen molar-refractivity contribution in [2.45, 2.75) is 20.3 Å². The largest absolute Gasteiger partial charge is 1.00 e. The summed E-state index contributed by atoms with van der Waals surface area (Å²) in [7, 11) is 0. The second-order valence-corrected chi connectivity index (χ2v) is 7.38. The van der Waals surface area contributed by atoms with Crippen LogP contribution in [0.1, 0.15) is 25.8 Å². The number of fused-ring (bicyclic) bond motifs is 3. The maximum atomic E-state index is 2.32. The van der Waals surface area contributed by atoms with Crippen molar-refractivity contribution in [1.29, 1.82) is 0 Å². The third-order valence-electron chi connectivity index (χ3n) is 3.77. The molecule has 0 radical (unpaired) electrons. The second-order valence-electron chi connectivity index (χ2n) is 5.82. The molecule has 0 spiro atoms. The number of benzene rings is 2. The molecule has 0 unspecified atom stereocenters. The van der Waals surface area contributed by atoms with Gasteiger partial charge in [0.05, 0.1) is 0 Å². The Bertz CT molecular complexity index is 896. The van der Waals surface area contributed by atoms with Gasteiger partial charge in [-0.3, -0.25) is 0 Å². The third-order valence-corrected chi connectivity index (χ3v) is 3.77. The maximum absolute atomic E-state index is 2.32. The Morgan fingerprint density at radius 3 is 2.29 bits per heavy atom. The molecule has 0 fully saturated rings. The van der Waals surface area contributed by atoms with Gasteiger partial charge in [-0.1, -0.05) is 65.8 Å². The molecule has 3 aromatic carbocycles. The van der Waals surface area contributed by atoms with Crippen LogP contribution in [0.3, 0.4) is 0 Å². The number of allylic oxidation sites excluding steroid dienone is 4. The van der Waals surface area contributed by atoms with E-state index in [9.17, 15) is 0 Å². The standard InChI is InChI=1S/C18H13.C3H6.2ClH.Ti/c1-2-7-13(6-1)15-10-5-11-17-16-9-4-3-8-14(16)12-18(15)17;1-3-2;;;/h1-6,8-12H,7H2;1-2H3;2*1H;/q-1;;;;+2/p-2. The Morgan fingerprint density at radius 2 is 1.62 bits per heavy atom. The van der Waals surface area contributed by atoms with Crippen molar-refractivity contribution in [2.75, 3.05) is 0 Å². The number of hydrogen-bond acceptors (Lipinski definition) is 0. The molecular formula is C21H19Cl2Ti-. The molecule has 3 aromatic rings. The van der Waals surface area contributed by atoms with Gasteiger partial charge in [0.25, 0.3) is 0 Å². The minimum atomic E-state index is 0. The quantitative estimate of drug-likeness (QED) is 0.399. The first kappa shape index (κ1) is 21.0. The SMILES string of the molecule is C1=CCC(c2cccc3c2[cH-]c2ccccc23)=C1.C[C](C)=[Ti+2].[Cl-].[Cl-]. The van der Waals surface area contributed by atoms with Gasteiger partial charge in [-0.25, -0.2) is 0 Å². The number of hydrogen-bond donors (Lipinski definition) is 0. The first-order valence-corrected chi connectivity index (χ1v) is 8.40. The van der Waals surface area contributed by atoms with Gasteiger partial charge in [0.2, 0.25) is 0 Å². The molecule has 4 rings (SSSR count). The van der Waals surface area contributed by atoms with Gasteiger partial charge >= 0.3 is 37.6 Å². The summed E-state index contributed by atoms with van der Waals surface area (Å²) in [6.45, 7) is 4.17. The number of halogens is 2. The summed E-state index contributed by atoms with van der Waals surface area (Å²) in [6.07, 6.45) is 7.65. The van der Waals surface area contributed by atoms with E-state index in [1.165, 1.54) is 36.5 Å². The fraction of sp³-hybridized carbons (Fsp3) is 0.143. The summed E-state index contributed by atoms with van der Waals surface area (Å²) in [6, 6.07) is 17.6. The molecule has 24 heavy (non-hydrogen) atoms. The van der Waals surface area contributed by atoms with Crippen LogP contribution in [-0.2, 0) is 20.0 Å². The van der Waals surface area contributed by atoms with Gasteiger partial charge in [0.1, 0.15) is 0 Å². The third kappa shape index (κ3) is 4.52. The molecular weight excluding hydrogens is 371 g/mol.